The monoisotopic (exact) mass is 360 g/mol. The number of aliphatic hydroxyl groups is 1. The first-order valence-corrected chi connectivity index (χ1v) is 9.06. The van der Waals surface area contributed by atoms with Crippen molar-refractivity contribution in [1.29, 1.82) is 0 Å². The van der Waals surface area contributed by atoms with Crippen LogP contribution in [0.1, 0.15) is 11.3 Å². The van der Waals surface area contributed by atoms with Crippen molar-refractivity contribution in [1.82, 2.24) is 9.97 Å². The summed E-state index contributed by atoms with van der Waals surface area (Å²) in [5.74, 6) is 1.41. The minimum atomic E-state index is -0.270. The van der Waals surface area contributed by atoms with Crippen molar-refractivity contribution in [3.8, 4) is 0 Å². The topological polar surface area (TPSA) is 61.3 Å². The number of anilines is 2. The maximum atomic E-state index is 9.67. The Kier molecular flexibility index (Phi) is 4.26. The van der Waals surface area contributed by atoms with Gasteiger partial charge in [-0.2, -0.15) is 4.98 Å². The van der Waals surface area contributed by atoms with Gasteiger partial charge in [0.1, 0.15) is 5.82 Å². The molecule has 0 aliphatic carbocycles. The lowest BCUT2D eigenvalue weighted by atomic mass is 10.2. The van der Waals surface area contributed by atoms with Crippen molar-refractivity contribution in [2.24, 2.45) is 0 Å². The van der Waals surface area contributed by atoms with Gasteiger partial charge in [0.25, 0.3) is 0 Å². The molecular formula is C17H17ClN4OS. The lowest BCUT2D eigenvalue weighted by Gasteiger charge is -2.16. The molecule has 124 valence electrons. The van der Waals surface area contributed by atoms with E-state index in [9.17, 15) is 5.11 Å². The number of benzene rings is 1. The molecular weight excluding hydrogens is 344 g/mol. The van der Waals surface area contributed by atoms with Crippen LogP contribution < -0.4 is 10.2 Å². The quantitative estimate of drug-likeness (QED) is 0.745. The fourth-order valence-corrected chi connectivity index (χ4v) is 4.34. The maximum absolute atomic E-state index is 9.67. The smallest absolute Gasteiger partial charge is 0.224 e. The number of nitrogens with one attached hydrogen (secondary N) is 1. The predicted molar refractivity (Wildman–Crippen MR) is 99.0 cm³/mol. The van der Waals surface area contributed by atoms with E-state index in [1.54, 1.807) is 17.5 Å². The van der Waals surface area contributed by atoms with Gasteiger partial charge in [0, 0.05) is 34.2 Å². The number of hydrogen-bond donors (Lipinski definition) is 2. The van der Waals surface area contributed by atoms with Crippen molar-refractivity contribution in [3.05, 3.63) is 46.4 Å². The van der Waals surface area contributed by atoms with Crippen LogP contribution in [0, 0.1) is 0 Å². The van der Waals surface area contributed by atoms with Gasteiger partial charge >= 0.3 is 0 Å². The van der Waals surface area contributed by atoms with E-state index in [-0.39, 0.29) is 6.10 Å². The molecule has 1 fully saturated rings. The molecule has 7 heteroatoms. The zero-order valence-corrected chi connectivity index (χ0v) is 14.5. The number of nitrogens with zero attached hydrogens (tertiary/aromatic N) is 3. The molecule has 3 aromatic rings. The third-order valence-electron chi connectivity index (χ3n) is 4.14. The molecule has 0 radical (unpaired) electrons. The second kappa shape index (κ2) is 6.55. The molecule has 2 aromatic heterocycles. The summed E-state index contributed by atoms with van der Waals surface area (Å²) in [6.07, 6.45) is 2.25. The molecule has 1 saturated heterocycles. The number of thiophene rings is 1. The number of hydrogen-bond acceptors (Lipinski definition) is 6. The Labute approximate surface area is 148 Å². The van der Waals surface area contributed by atoms with Crippen LogP contribution in [-0.2, 0) is 6.54 Å². The first kappa shape index (κ1) is 15.6. The van der Waals surface area contributed by atoms with Gasteiger partial charge in [0.2, 0.25) is 5.95 Å². The van der Waals surface area contributed by atoms with E-state index in [1.807, 2.05) is 24.3 Å². The fourth-order valence-electron chi connectivity index (χ4n) is 2.90. The van der Waals surface area contributed by atoms with Gasteiger partial charge in [0.05, 0.1) is 17.7 Å². The van der Waals surface area contributed by atoms with Crippen LogP contribution in [0.4, 0.5) is 11.8 Å². The summed E-state index contributed by atoms with van der Waals surface area (Å²) in [6, 6.07) is 9.99. The van der Waals surface area contributed by atoms with E-state index in [1.165, 1.54) is 4.70 Å². The van der Waals surface area contributed by atoms with Gasteiger partial charge < -0.3 is 15.3 Å². The third-order valence-corrected chi connectivity index (χ3v) is 5.85. The molecule has 3 heterocycles. The first-order chi connectivity index (χ1) is 11.7. The second-order valence-corrected chi connectivity index (χ2v) is 7.33. The number of aliphatic hydroxyl groups excluding tert-OH is 1. The molecule has 24 heavy (non-hydrogen) atoms. The van der Waals surface area contributed by atoms with Crippen molar-refractivity contribution >= 4 is 44.8 Å². The molecule has 1 aromatic carbocycles. The molecule has 5 nitrogen and oxygen atoms in total. The maximum Gasteiger partial charge on any atom is 0.224 e. The minimum Gasteiger partial charge on any atom is -0.391 e. The number of rotatable bonds is 4. The predicted octanol–water partition coefficient (Wildman–Crippen LogP) is 3.53. The Bertz CT molecular complexity index is 869. The SMILES string of the molecule is OC1CCN(c2ccnc(NCc3sc4ccccc4c3Cl)n2)C1. The zero-order valence-electron chi connectivity index (χ0n) is 12.9. The van der Waals surface area contributed by atoms with Crippen LogP contribution in [0.3, 0.4) is 0 Å². The van der Waals surface area contributed by atoms with E-state index in [4.69, 9.17) is 11.6 Å². The molecule has 1 aliphatic rings. The highest BCUT2D eigenvalue weighted by atomic mass is 35.5. The Balaban J connectivity index is 1.50. The van der Waals surface area contributed by atoms with Crippen molar-refractivity contribution in [2.75, 3.05) is 23.3 Å². The van der Waals surface area contributed by atoms with Crippen molar-refractivity contribution in [3.63, 3.8) is 0 Å². The number of aromatic nitrogens is 2. The summed E-state index contributed by atoms with van der Waals surface area (Å²) in [6.45, 7) is 2.03. The van der Waals surface area contributed by atoms with Gasteiger partial charge in [0.15, 0.2) is 0 Å². The third kappa shape index (κ3) is 3.05. The standard InChI is InChI=1S/C17H17ClN4OS/c18-16-12-3-1-2-4-13(12)24-14(16)9-20-17-19-7-5-15(21-17)22-8-6-11(23)10-22/h1-5,7,11,23H,6,8-10H2,(H,19,20,21). The molecule has 0 amide bonds. The molecule has 4 rings (SSSR count). The van der Waals surface area contributed by atoms with Crippen molar-refractivity contribution < 1.29 is 5.11 Å². The van der Waals surface area contributed by atoms with E-state index in [0.29, 0.717) is 19.0 Å². The summed E-state index contributed by atoms with van der Waals surface area (Å²) in [4.78, 5) is 12.0. The van der Waals surface area contributed by atoms with E-state index < -0.39 is 0 Å². The molecule has 0 bridgehead atoms. The summed E-state index contributed by atoms with van der Waals surface area (Å²) < 4.78 is 1.18. The summed E-state index contributed by atoms with van der Waals surface area (Å²) in [5.41, 5.74) is 0. The summed E-state index contributed by atoms with van der Waals surface area (Å²) in [5, 5.41) is 14.8. The van der Waals surface area contributed by atoms with Gasteiger partial charge in [-0.1, -0.05) is 29.8 Å². The van der Waals surface area contributed by atoms with E-state index in [0.717, 1.165) is 34.1 Å². The highest BCUT2D eigenvalue weighted by Gasteiger charge is 2.21. The molecule has 0 saturated carbocycles. The highest BCUT2D eigenvalue weighted by molar-refractivity contribution is 7.19. The number of fused-ring (bicyclic) bond motifs is 1. The van der Waals surface area contributed by atoms with Crippen LogP contribution in [0.2, 0.25) is 5.02 Å². The fraction of sp³-hybridized carbons (Fsp3) is 0.294. The Morgan fingerprint density at radius 1 is 1.33 bits per heavy atom. The van der Waals surface area contributed by atoms with Gasteiger partial charge in [-0.15, -0.1) is 11.3 Å². The Morgan fingerprint density at radius 3 is 3.00 bits per heavy atom. The average Bonchev–Trinajstić information content (AvgIpc) is 3.18. The Morgan fingerprint density at radius 2 is 2.21 bits per heavy atom. The minimum absolute atomic E-state index is 0.270. The largest absolute Gasteiger partial charge is 0.391 e. The highest BCUT2D eigenvalue weighted by Crippen LogP contribution is 2.35. The van der Waals surface area contributed by atoms with Crippen LogP contribution in [0.5, 0.6) is 0 Å². The molecule has 0 spiro atoms. The van der Waals surface area contributed by atoms with Crippen LogP contribution >= 0.6 is 22.9 Å². The van der Waals surface area contributed by atoms with Crippen LogP contribution in [0.25, 0.3) is 10.1 Å². The molecule has 1 atom stereocenters. The Hall–Kier alpha value is -1.89. The van der Waals surface area contributed by atoms with Gasteiger partial charge in [-0.05, 0) is 18.6 Å². The van der Waals surface area contributed by atoms with Crippen LogP contribution in [-0.4, -0.2) is 34.3 Å². The van der Waals surface area contributed by atoms with Gasteiger partial charge in [-0.3, -0.25) is 0 Å². The molecule has 1 unspecified atom stereocenters. The first-order valence-electron chi connectivity index (χ1n) is 7.86. The number of halogens is 1. The van der Waals surface area contributed by atoms with Crippen molar-refractivity contribution in [2.45, 2.75) is 19.1 Å². The lowest BCUT2D eigenvalue weighted by Crippen LogP contribution is -2.22. The van der Waals surface area contributed by atoms with E-state index >= 15 is 0 Å². The summed E-state index contributed by atoms with van der Waals surface area (Å²) >= 11 is 8.15. The second-order valence-electron chi connectivity index (χ2n) is 5.82. The summed E-state index contributed by atoms with van der Waals surface area (Å²) in [7, 11) is 0. The normalized spacial score (nSPS) is 17.6. The zero-order chi connectivity index (χ0) is 16.5. The molecule has 1 aliphatic heterocycles. The average molecular weight is 361 g/mol. The van der Waals surface area contributed by atoms with E-state index in [2.05, 4.69) is 26.3 Å². The lowest BCUT2D eigenvalue weighted by molar-refractivity contribution is 0.198. The number of β-amino-alcohol motifs (C(OH)–C–C–N with tert-alkyl or cyclic N) is 1. The van der Waals surface area contributed by atoms with Crippen LogP contribution in [0.15, 0.2) is 36.5 Å². The molecule has 2 N–H and O–H groups in total. The van der Waals surface area contributed by atoms with Gasteiger partial charge in [-0.25, -0.2) is 4.98 Å².